The van der Waals surface area contributed by atoms with Gasteiger partial charge in [-0.05, 0) is 30.7 Å². The molecule has 8 nitrogen and oxygen atoms in total. The van der Waals surface area contributed by atoms with Gasteiger partial charge >= 0.3 is 0 Å². The van der Waals surface area contributed by atoms with E-state index < -0.39 is 0 Å². The predicted octanol–water partition coefficient (Wildman–Crippen LogP) is 2.59. The van der Waals surface area contributed by atoms with Crippen LogP contribution < -0.4 is 19.7 Å². The van der Waals surface area contributed by atoms with Crippen molar-refractivity contribution >= 4 is 17.4 Å². The molecule has 1 unspecified atom stereocenters. The molecule has 2 N–H and O–H groups in total. The maximum absolute atomic E-state index is 12.9. The Morgan fingerprint density at radius 1 is 1.29 bits per heavy atom. The fourth-order valence-corrected chi connectivity index (χ4v) is 3.65. The molecular formula is C20H19N5O3. The molecule has 1 saturated heterocycles. The van der Waals surface area contributed by atoms with Crippen LogP contribution >= 0.6 is 0 Å². The molecule has 142 valence electrons. The fraction of sp³-hybridized carbons (Fsp3) is 0.250. The summed E-state index contributed by atoms with van der Waals surface area (Å²) in [6.07, 6.45) is 2.47. The van der Waals surface area contributed by atoms with E-state index in [2.05, 4.69) is 20.5 Å². The van der Waals surface area contributed by atoms with Gasteiger partial charge in [0.1, 0.15) is 24.2 Å². The quantitative estimate of drug-likeness (QED) is 0.726. The number of carbonyl (C=O) groups excluding carboxylic acids is 1. The zero-order valence-electron chi connectivity index (χ0n) is 15.3. The lowest BCUT2D eigenvalue weighted by Gasteiger charge is -2.21. The second-order valence-electron chi connectivity index (χ2n) is 6.78. The van der Waals surface area contributed by atoms with Gasteiger partial charge in [0, 0.05) is 29.4 Å². The smallest absolute Gasteiger partial charge is 0.250 e. The second-order valence-corrected chi connectivity index (χ2v) is 6.78. The van der Waals surface area contributed by atoms with Crippen LogP contribution in [0.25, 0.3) is 11.1 Å². The molecule has 0 saturated carbocycles. The van der Waals surface area contributed by atoms with Gasteiger partial charge in [-0.15, -0.1) is 0 Å². The van der Waals surface area contributed by atoms with Crippen molar-refractivity contribution in [3.05, 3.63) is 48.3 Å². The molecule has 0 radical (unpaired) electrons. The summed E-state index contributed by atoms with van der Waals surface area (Å²) >= 11 is 0. The summed E-state index contributed by atoms with van der Waals surface area (Å²) < 4.78 is 11.0. The van der Waals surface area contributed by atoms with Gasteiger partial charge in [0.05, 0.1) is 19.0 Å². The average Bonchev–Trinajstić information content (AvgIpc) is 3.35. The van der Waals surface area contributed by atoms with Crippen molar-refractivity contribution in [1.82, 2.24) is 15.2 Å². The van der Waals surface area contributed by atoms with E-state index in [9.17, 15) is 4.79 Å². The third kappa shape index (κ3) is 2.74. The third-order valence-corrected chi connectivity index (χ3v) is 5.10. The van der Waals surface area contributed by atoms with Crippen molar-refractivity contribution in [2.45, 2.75) is 19.1 Å². The highest BCUT2D eigenvalue weighted by Crippen LogP contribution is 2.37. The number of H-pyrrole nitrogens is 1. The zero-order chi connectivity index (χ0) is 19.1. The Morgan fingerprint density at radius 3 is 3.11 bits per heavy atom. The number of aromatic nitrogens is 3. The van der Waals surface area contributed by atoms with Crippen LogP contribution in [0.15, 0.2) is 42.6 Å². The van der Waals surface area contributed by atoms with E-state index in [-0.39, 0.29) is 11.9 Å². The molecule has 5 rings (SSSR count). The largest absolute Gasteiger partial charge is 0.497 e. The van der Waals surface area contributed by atoms with Crippen molar-refractivity contribution in [2.75, 3.05) is 23.9 Å². The number of hydrogen-bond donors (Lipinski definition) is 2. The van der Waals surface area contributed by atoms with Crippen molar-refractivity contribution in [3.8, 4) is 22.8 Å². The average molecular weight is 377 g/mol. The summed E-state index contributed by atoms with van der Waals surface area (Å²) in [5.41, 5.74) is 3.66. The number of nitrogens with one attached hydrogen (secondary N) is 2. The molecule has 28 heavy (non-hydrogen) atoms. The number of fused-ring (bicyclic) bond motifs is 3. The summed E-state index contributed by atoms with van der Waals surface area (Å²) in [5, 5.41) is 10.3. The normalized spacial score (nSPS) is 17.7. The minimum atomic E-state index is -0.300. The molecule has 0 bridgehead atoms. The lowest BCUT2D eigenvalue weighted by Crippen LogP contribution is -2.34. The Labute approximate surface area is 161 Å². The molecule has 1 fully saturated rings. The highest BCUT2D eigenvalue weighted by Gasteiger charge is 2.34. The topological polar surface area (TPSA) is 92.4 Å². The Morgan fingerprint density at radius 2 is 2.21 bits per heavy atom. The standard InChI is InChI=1S/C20H19N5O3/c1-27-13-4-2-3-12(9-13)22-16-7-8-25(20(16)26)18-6-5-14-15-10-21-24-17(15)11-28-19(14)23-18/h2-6,9-10,16,22H,7-8,11H2,1H3,(H,21,24). The lowest BCUT2D eigenvalue weighted by atomic mass is 10.1. The van der Waals surface area contributed by atoms with E-state index in [1.54, 1.807) is 18.2 Å². The minimum absolute atomic E-state index is 0.00456. The first-order valence-corrected chi connectivity index (χ1v) is 9.11. The van der Waals surface area contributed by atoms with Crippen molar-refractivity contribution < 1.29 is 14.3 Å². The van der Waals surface area contributed by atoms with E-state index in [0.29, 0.717) is 31.3 Å². The van der Waals surface area contributed by atoms with Gasteiger partial charge in [-0.1, -0.05) is 6.07 Å². The van der Waals surface area contributed by atoms with Gasteiger partial charge in [-0.2, -0.15) is 10.1 Å². The number of rotatable bonds is 4. The number of pyridine rings is 1. The van der Waals surface area contributed by atoms with Crippen molar-refractivity contribution in [2.24, 2.45) is 0 Å². The number of aromatic amines is 1. The van der Waals surface area contributed by atoms with Crippen molar-refractivity contribution in [3.63, 3.8) is 0 Å². The molecule has 1 amide bonds. The van der Waals surface area contributed by atoms with Crippen LogP contribution in [-0.2, 0) is 11.4 Å². The molecule has 1 aromatic carbocycles. The summed E-state index contributed by atoms with van der Waals surface area (Å²) in [5.74, 6) is 1.88. The monoisotopic (exact) mass is 377 g/mol. The first kappa shape index (κ1) is 16.6. The maximum Gasteiger partial charge on any atom is 0.250 e. The van der Waals surface area contributed by atoms with Gasteiger partial charge in [0.15, 0.2) is 0 Å². The van der Waals surface area contributed by atoms with E-state index >= 15 is 0 Å². The molecule has 0 aliphatic carbocycles. The molecular weight excluding hydrogens is 358 g/mol. The third-order valence-electron chi connectivity index (χ3n) is 5.10. The van der Waals surface area contributed by atoms with Gasteiger partial charge in [-0.25, -0.2) is 0 Å². The van der Waals surface area contributed by atoms with Crippen molar-refractivity contribution in [1.29, 1.82) is 0 Å². The summed E-state index contributed by atoms with van der Waals surface area (Å²) in [7, 11) is 1.62. The number of carbonyl (C=O) groups is 1. The Hall–Kier alpha value is -3.55. The number of hydrogen-bond acceptors (Lipinski definition) is 6. The molecule has 2 aliphatic heterocycles. The van der Waals surface area contributed by atoms with Crippen LogP contribution in [0.1, 0.15) is 12.1 Å². The number of nitrogens with zero attached hydrogens (tertiary/aromatic N) is 3. The Bertz CT molecular complexity index is 1050. The predicted molar refractivity (Wildman–Crippen MR) is 104 cm³/mol. The SMILES string of the molecule is COc1cccc(NC2CCN(c3ccc4c(n3)OCc3[nH]ncc3-4)C2=O)c1. The van der Waals surface area contributed by atoms with Crippen LogP contribution in [-0.4, -0.2) is 40.8 Å². The van der Waals surface area contributed by atoms with E-state index in [1.807, 2.05) is 36.4 Å². The molecule has 2 aliphatic rings. The number of benzene rings is 1. The van der Waals surface area contributed by atoms with Gasteiger partial charge in [-0.3, -0.25) is 14.8 Å². The number of anilines is 2. The first-order chi connectivity index (χ1) is 13.7. The van der Waals surface area contributed by atoms with E-state index in [1.165, 1.54) is 0 Å². The minimum Gasteiger partial charge on any atom is -0.497 e. The Balaban J connectivity index is 1.36. The highest BCUT2D eigenvalue weighted by atomic mass is 16.5. The highest BCUT2D eigenvalue weighted by molar-refractivity contribution is 6.00. The van der Waals surface area contributed by atoms with Gasteiger partial charge in [0.25, 0.3) is 5.91 Å². The van der Waals surface area contributed by atoms with Crippen LogP contribution in [0.3, 0.4) is 0 Å². The number of methoxy groups -OCH3 is 1. The van der Waals surface area contributed by atoms with E-state index in [0.717, 1.165) is 28.3 Å². The molecule has 4 heterocycles. The first-order valence-electron chi connectivity index (χ1n) is 9.11. The lowest BCUT2D eigenvalue weighted by molar-refractivity contribution is -0.117. The van der Waals surface area contributed by atoms with Crippen LogP contribution in [0.4, 0.5) is 11.5 Å². The van der Waals surface area contributed by atoms with Gasteiger partial charge in [0.2, 0.25) is 5.88 Å². The van der Waals surface area contributed by atoms with Crippen LogP contribution in [0.5, 0.6) is 11.6 Å². The second kappa shape index (κ2) is 6.56. The molecule has 1 atom stereocenters. The number of amides is 1. The van der Waals surface area contributed by atoms with Gasteiger partial charge < -0.3 is 14.8 Å². The zero-order valence-corrected chi connectivity index (χ0v) is 15.3. The molecule has 8 heteroatoms. The molecule has 2 aromatic heterocycles. The summed E-state index contributed by atoms with van der Waals surface area (Å²) in [6, 6.07) is 11.1. The summed E-state index contributed by atoms with van der Waals surface area (Å²) in [4.78, 5) is 19.2. The molecule has 3 aromatic rings. The summed E-state index contributed by atoms with van der Waals surface area (Å²) in [6.45, 7) is 0.996. The number of ether oxygens (including phenoxy) is 2. The van der Waals surface area contributed by atoms with Crippen LogP contribution in [0.2, 0.25) is 0 Å². The Kier molecular flexibility index (Phi) is 3.89. The van der Waals surface area contributed by atoms with Crippen LogP contribution in [0, 0.1) is 0 Å². The molecule has 0 spiro atoms. The maximum atomic E-state index is 12.9. The van der Waals surface area contributed by atoms with E-state index in [4.69, 9.17) is 9.47 Å². The fourth-order valence-electron chi connectivity index (χ4n) is 3.65.